The Kier molecular flexibility index (Phi) is 7.75. The van der Waals surface area contributed by atoms with Crippen LogP contribution in [-0.2, 0) is 16.1 Å². The molecule has 0 unspecified atom stereocenters. The molecule has 0 spiro atoms. The lowest BCUT2D eigenvalue weighted by atomic mass is 10.1. The predicted molar refractivity (Wildman–Crippen MR) is 119 cm³/mol. The van der Waals surface area contributed by atoms with Crippen molar-refractivity contribution in [2.45, 2.75) is 33.5 Å². The molecule has 2 aromatic carbocycles. The Morgan fingerprint density at radius 1 is 1.06 bits per heavy atom. The van der Waals surface area contributed by atoms with E-state index in [-0.39, 0.29) is 49.0 Å². The molecule has 1 atom stereocenters. The van der Waals surface area contributed by atoms with Gasteiger partial charge in [0.1, 0.15) is 12.4 Å². The van der Waals surface area contributed by atoms with Gasteiger partial charge in [-0.05, 0) is 31.0 Å². The average Bonchev–Trinajstić information content (AvgIpc) is 2.91. The highest BCUT2D eigenvalue weighted by Gasteiger charge is 2.31. The van der Waals surface area contributed by atoms with E-state index in [0.29, 0.717) is 29.8 Å². The molecule has 1 aliphatic rings. The number of ketones is 1. The standard InChI is InChI=1S/C25H29FN2O4/c1-17(2)12-27-13-22(32-16-21-6-4-5-7-23(21)26)14-28(15-24(27)30)25(31)20-10-8-19(9-11-20)18(3)29/h4-11,17,22H,12-16H2,1-3H3/t22-/m0/s1. The van der Waals surface area contributed by atoms with Crippen LogP contribution in [0, 0.1) is 11.7 Å². The molecule has 1 heterocycles. The SMILES string of the molecule is CC(=O)c1ccc(C(=O)N2CC(=O)N(CC(C)C)C[C@H](OCc3ccccc3F)C2)cc1. The zero-order valence-corrected chi connectivity index (χ0v) is 18.7. The van der Waals surface area contributed by atoms with E-state index in [0.717, 1.165) is 0 Å². The second kappa shape index (κ2) is 10.5. The minimum absolute atomic E-state index is 0.0520. The third kappa shape index (κ3) is 6.01. The normalized spacial score (nSPS) is 16.9. The Morgan fingerprint density at radius 2 is 1.72 bits per heavy atom. The van der Waals surface area contributed by atoms with Crippen LogP contribution < -0.4 is 0 Å². The van der Waals surface area contributed by atoms with Gasteiger partial charge in [0.05, 0.1) is 12.7 Å². The molecule has 2 aromatic rings. The Bertz CT molecular complexity index is 974. The first kappa shape index (κ1) is 23.6. The summed E-state index contributed by atoms with van der Waals surface area (Å²) < 4.78 is 20.0. The fourth-order valence-electron chi connectivity index (χ4n) is 3.71. The molecule has 6 nitrogen and oxygen atoms in total. The minimum Gasteiger partial charge on any atom is -0.370 e. The van der Waals surface area contributed by atoms with Crippen LogP contribution in [0.3, 0.4) is 0 Å². The van der Waals surface area contributed by atoms with Gasteiger partial charge in [-0.15, -0.1) is 0 Å². The minimum atomic E-state index is -0.458. The fourth-order valence-corrected chi connectivity index (χ4v) is 3.71. The lowest BCUT2D eigenvalue weighted by molar-refractivity contribution is -0.132. The molecule has 1 fully saturated rings. The topological polar surface area (TPSA) is 66.9 Å². The van der Waals surface area contributed by atoms with Crippen LogP contribution >= 0.6 is 0 Å². The molecule has 0 aromatic heterocycles. The molecular formula is C25H29FN2O4. The number of hydrogen-bond donors (Lipinski definition) is 0. The maximum absolute atomic E-state index is 14.0. The summed E-state index contributed by atoms with van der Waals surface area (Å²) in [6.45, 7) is 6.59. The molecule has 0 saturated carbocycles. The summed E-state index contributed by atoms with van der Waals surface area (Å²) in [5, 5.41) is 0. The molecule has 0 aliphatic carbocycles. The first-order valence-corrected chi connectivity index (χ1v) is 10.8. The van der Waals surface area contributed by atoms with Gasteiger partial charge >= 0.3 is 0 Å². The zero-order valence-electron chi connectivity index (χ0n) is 18.7. The van der Waals surface area contributed by atoms with E-state index in [1.807, 2.05) is 13.8 Å². The second-order valence-corrected chi connectivity index (χ2v) is 8.54. The van der Waals surface area contributed by atoms with Crippen molar-refractivity contribution < 1.29 is 23.5 Å². The van der Waals surface area contributed by atoms with E-state index in [1.165, 1.54) is 17.9 Å². The van der Waals surface area contributed by atoms with E-state index in [2.05, 4.69) is 0 Å². The van der Waals surface area contributed by atoms with Crippen LogP contribution in [0.2, 0.25) is 0 Å². The maximum atomic E-state index is 14.0. The molecule has 170 valence electrons. The van der Waals surface area contributed by atoms with Gasteiger partial charge < -0.3 is 14.5 Å². The first-order chi connectivity index (χ1) is 15.2. The summed E-state index contributed by atoms with van der Waals surface area (Å²) >= 11 is 0. The molecule has 7 heteroatoms. The van der Waals surface area contributed by atoms with E-state index < -0.39 is 6.10 Å². The summed E-state index contributed by atoms with van der Waals surface area (Å²) in [5.41, 5.74) is 1.34. The highest BCUT2D eigenvalue weighted by Crippen LogP contribution is 2.17. The lowest BCUT2D eigenvalue weighted by Crippen LogP contribution is -2.40. The van der Waals surface area contributed by atoms with E-state index in [9.17, 15) is 18.8 Å². The van der Waals surface area contributed by atoms with Gasteiger partial charge in [0.25, 0.3) is 5.91 Å². The quantitative estimate of drug-likeness (QED) is 0.618. The number of halogens is 1. The van der Waals surface area contributed by atoms with Crippen molar-refractivity contribution >= 4 is 17.6 Å². The van der Waals surface area contributed by atoms with Gasteiger partial charge in [-0.25, -0.2) is 4.39 Å². The van der Waals surface area contributed by atoms with Crippen molar-refractivity contribution in [3.05, 3.63) is 71.0 Å². The average molecular weight is 441 g/mol. The van der Waals surface area contributed by atoms with Crippen LogP contribution in [0.5, 0.6) is 0 Å². The lowest BCUT2D eigenvalue weighted by Gasteiger charge is -2.26. The second-order valence-electron chi connectivity index (χ2n) is 8.54. The molecule has 3 rings (SSSR count). The molecule has 2 amide bonds. The van der Waals surface area contributed by atoms with Gasteiger partial charge in [0, 0.05) is 36.3 Å². The molecule has 0 radical (unpaired) electrons. The van der Waals surface area contributed by atoms with Crippen molar-refractivity contribution in [2.75, 3.05) is 26.2 Å². The van der Waals surface area contributed by atoms with Gasteiger partial charge in [-0.3, -0.25) is 14.4 Å². The summed E-state index contributed by atoms with van der Waals surface area (Å²) in [4.78, 5) is 40.7. The number of ether oxygens (including phenoxy) is 1. The Balaban J connectivity index is 1.79. The van der Waals surface area contributed by atoms with Crippen molar-refractivity contribution in [3.8, 4) is 0 Å². The van der Waals surface area contributed by atoms with Gasteiger partial charge in [-0.2, -0.15) is 0 Å². The number of carbonyl (C=O) groups is 3. The summed E-state index contributed by atoms with van der Waals surface area (Å²) in [7, 11) is 0. The highest BCUT2D eigenvalue weighted by molar-refractivity contribution is 5.99. The third-order valence-electron chi connectivity index (χ3n) is 5.37. The smallest absolute Gasteiger partial charge is 0.254 e. The Hall–Kier alpha value is -3.06. The largest absolute Gasteiger partial charge is 0.370 e. The van der Waals surface area contributed by atoms with Crippen LogP contribution in [0.4, 0.5) is 4.39 Å². The number of benzene rings is 2. The third-order valence-corrected chi connectivity index (χ3v) is 5.37. The van der Waals surface area contributed by atoms with Crippen LogP contribution in [0.1, 0.15) is 47.1 Å². The molecular weight excluding hydrogens is 411 g/mol. The predicted octanol–water partition coefficient (Wildman–Crippen LogP) is 3.55. The first-order valence-electron chi connectivity index (χ1n) is 10.8. The van der Waals surface area contributed by atoms with Crippen molar-refractivity contribution in [1.82, 2.24) is 9.80 Å². The van der Waals surface area contributed by atoms with Crippen molar-refractivity contribution in [2.24, 2.45) is 5.92 Å². The van der Waals surface area contributed by atoms with Crippen LogP contribution in [0.25, 0.3) is 0 Å². The summed E-state index contributed by atoms with van der Waals surface area (Å²) in [6, 6.07) is 12.8. The maximum Gasteiger partial charge on any atom is 0.254 e. The van der Waals surface area contributed by atoms with Gasteiger partial charge in [0.2, 0.25) is 5.91 Å². The zero-order chi connectivity index (χ0) is 23.3. The molecule has 1 aliphatic heterocycles. The molecule has 32 heavy (non-hydrogen) atoms. The summed E-state index contributed by atoms with van der Waals surface area (Å²) in [6.07, 6.45) is -0.458. The van der Waals surface area contributed by atoms with Crippen molar-refractivity contribution in [1.29, 1.82) is 0 Å². The number of carbonyl (C=O) groups excluding carboxylic acids is 3. The molecule has 1 saturated heterocycles. The van der Waals surface area contributed by atoms with Gasteiger partial charge in [-0.1, -0.05) is 44.2 Å². The van der Waals surface area contributed by atoms with Crippen LogP contribution in [0.15, 0.2) is 48.5 Å². The van der Waals surface area contributed by atoms with E-state index in [4.69, 9.17) is 4.74 Å². The van der Waals surface area contributed by atoms with Gasteiger partial charge in [0.15, 0.2) is 5.78 Å². The number of hydrogen-bond acceptors (Lipinski definition) is 4. The number of rotatable bonds is 7. The number of amides is 2. The van der Waals surface area contributed by atoms with Crippen LogP contribution in [-0.4, -0.2) is 59.7 Å². The van der Waals surface area contributed by atoms with E-state index >= 15 is 0 Å². The number of Topliss-reactive ketones (excluding diaryl/α,β-unsaturated/α-hetero) is 1. The summed E-state index contributed by atoms with van der Waals surface area (Å²) in [5.74, 6) is -0.633. The molecule has 0 N–H and O–H groups in total. The number of nitrogens with zero attached hydrogens (tertiary/aromatic N) is 2. The monoisotopic (exact) mass is 440 g/mol. The fraction of sp³-hybridized carbons (Fsp3) is 0.400. The Labute approximate surface area is 188 Å². The highest BCUT2D eigenvalue weighted by atomic mass is 19.1. The Morgan fingerprint density at radius 3 is 2.34 bits per heavy atom. The van der Waals surface area contributed by atoms with E-state index in [1.54, 1.807) is 47.4 Å². The molecule has 0 bridgehead atoms. The van der Waals surface area contributed by atoms with Crippen molar-refractivity contribution in [3.63, 3.8) is 0 Å².